The van der Waals surface area contributed by atoms with Gasteiger partial charge in [0.25, 0.3) is 0 Å². The average molecular weight is 135 g/mol. The van der Waals surface area contributed by atoms with E-state index in [1.807, 2.05) is 0 Å². The van der Waals surface area contributed by atoms with Gasteiger partial charge in [-0.2, -0.15) is 0 Å². The molecule has 0 aliphatic heterocycles. The number of carbonyl (C=O) groups excluding carboxylic acids is 1. The van der Waals surface area contributed by atoms with Gasteiger partial charge in [0.15, 0.2) is 0 Å². The molecule has 1 radical (unpaired) electrons. The van der Waals surface area contributed by atoms with Crippen molar-refractivity contribution in [2.24, 2.45) is 0 Å². The maximum atomic E-state index is 10.3. The molecule has 47 valence electrons. The first-order chi connectivity index (χ1) is 3.68. The largest absolute Gasteiger partial charge is 0.274 e. The van der Waals surface area contributed by atoms with Gasteiger partial charge in [0.05, 0.1) is 0 Å². The Labute approximate surface area is 54.5 Å². The van der Waals surface area contributed by atoms with E-state index in [0.717, 1.165) is 4.42 Å². The molecule has 0 spiro atoms. The maximum absolute atomic E-state index is 10.3. The Morgan fingerprint density at radius 1 is 1.88 bits per heavy atom. The molecule has 0 aliphatic rings. The molecular weight excluding hydrogens is 126 g/mol. The molecule has 0 bridgehead atoms. The molecule has 0 heterocycles. The summed E-state index contributed by atoms with van der Waals surface area (Å²) in [4.78, 5) is 10.3. The quantitative estimate of drug-likeness (QED) is 0.520. The van der Waals surface area contributed by atoms with Crippen LogP contribution in [0.2, 0.25) is 0 Å². The van der Waals surface area contributed by atoms with E-state index >= 15 is 0 Å². The predicted molar refractivity (Wildman–Crippen MR) is 33.2 cm³/mol. The number of hydrogen-bond donors (Lipinski definition) is 0. The normalized spacial score (nSPS) is 8.88. The fourth-order valence-corrected chi connectivity index (χ4v) is 0.416. The topological polar surface area (TPSA) is 20.3 Å². The van der Waals surface area contributed by atoms with Crippen molar-refractivity contribution in [2.45, 2.75) is 13.3 Å². The molecule has 8 heavy (non-hydrogen) atoms. The van der Waals surface area contributed by atoms with Crippen LogP contribution in [-0.4, -0.2) is 16.9 Å². The van der Waals surface area contributed by atoms with Crippen LogP contribution in [0, 0.1) is 6.92 Å². The van der Waals surface area contributed by atoms with E-state index in [4.69, 9.17) is 11.8 Å². The second kappa shape index (κ2) is 3.72. The van der Waals surface area contributed by atoms with E-state index in [0.29, 0.717) is 13.0 Å². The van der Waals surface area contributed by atoms with Crippen LogP contribution in [-0.2, 0) is 4.79 Å². The van der Waals surface area contributed by atoms with Crippen molar-refractivity contribution in [2.75, 3.05) is 6.54 Å². The minimum absolute atomic E-state index is 0.129. The third-order valence-corrected chi connectivity index (χ3v) is 1.10. The van der Waals surface area contributed by atoms with Gasteiger partial charge >= 0.3 is 0 Å². The maximum Gasteiger partial charge on any atom is 0.233 e. The zero-order valence-electron chi connectivity index (χ0n) is 4.85. The third-order valence-electron chi connectivity index (χ3n) is 0.696. The van der Waals surface area contributed by atoms with Gasteiger partial charge in [-0.15, -0.1) is 0 Å². The zero-order valence-corrected chi connectivity index (χ0v) is 5.61. The summed E-state index contributed by atoms with van der Waals surface area (Å²) < 4.78 is 1.12. The Morgan fingerprint density at radius 2 is 2.38 bits per heavy atom. The molecule has 0 saturated carbocycles. The first-order valence-corrected chi connectivity index (χ1v) is 2.75. The highest BCUT2D eigenvalue weighted by Crippen LogP contribution is 1.94. The van der Waals surface area contributed by atoms with E-state index in [1.165, 1.54) is 6.92 Å². The van der Waals surface area contributed by atoms with E-state index < -0.39 is 0 Å². The fourth-order valence-electron chi connectivity index (χ4n) is 0.296. The molecule has 0 aromatic heterocycles. The Balaban J connectivity index is 3.32. The Kier molecular flexibility index (Phi) is 3.61. The van der Waals surface area contributed by atoms with Crippen molar-refractivity contribution in [3.05, 3.63) is 6.92 Å². The van der Waals surface area contributed by atoms with Crippen molar-refractivity contribution in [3.63, 3.8) is 0 Å². The second-order valence-electron chi connectivity index (χ2n) is 1.46. The van der Waals surface area contributed by atoms with Crippen molar-refractivity contribution in [1.82, 2.24) is 4.42 Å². The Morgan fingerprint density at radius 3 is 2.50 bits per heavy atom. The highest BCUT2D eigenvalue weighted by atomic mass is 35.5. The van der Waals surface area contributed by atoms with Gasteiger partial charge in [-0.3, -0.25) is 9.21 Å². The van der Waals surface area contributed by atoms with Gasteiger partial charge < -0.3 is 0 Å². The number of nitrogens with zero attached hydrogens (tertiary/aromatic N) is 1. The minimum Gasteiger partial charge on any atom is -0.274 e. The van der Waals surface area contributed by atoms with Gasteiger partial charge in [-0.25, -0.2) is 0 Å². The molecule has 0 aromatic carbocycles. The van der Waals surface area contributed by atoms with Gasteiger partial charge in [0.2, 0.25) is 5.91 Å². The van der Waals surface area contributed by atoms with E-state index in [9.17, 15) is 4.79 Å². The lowest BCUT2D eigenvalue weighted by Crippen LogP contribution is -2.18. The molecule has 2 nitrogen and oxygen atoms in total. The fraction of sp³-hybridized carbons (Fsp3) is 0.600. The first kappa shape index (κ1) is 7.76. The van der Waals surface area contributed by atoms with Gasteiger partial charge in [-0.1, -0.05) is 6.92 Å². The number of amides is 1. The lowest BCUT2D eigenvalue weighted by molar-refractivity contribution is -0.124. The summed E-state index contributed by atoms with van der Waals surface area (Å²) in [6.07, 6.45) is 0.656. The summed E-state index contributed by atoms with van der Waals surface area (Å²) in [6, 6.07) is 0. The van der Waals surface area contributed by atoms with Crippen LogP contribution < -0.4 is 0 Å². The molecule has 0 atom stereocenters. The van der Waals surface area contributed by atoms with Crippen LogP contribution in [0.25, 0.3) is 0 Å². The minimum atomic E-state index is -0.129. The molecule has 3 heteroatoms. The predicted octanol–water partition coefficient (Wildman–Crippen LogP) is 1.21. The lowest BCUT2D eigenvalue weighted by atomic mass is 10.5. The second-order valence-corrected chi connectivity index (χ2v) is 1.87. The molecule has 1 amide bonds. The molecule has 0 aliphatic carbocycles. The van der Waals surface area contributed by atoms with Crippen LogP contribution in [0.4, 0.5) is 0 Å². The molecule has 0 rings (SSSR count). The summed E-state index contributed by atoms with van der Waals surface area (Å²) in [6.45, 7) is 5.47. The summed E-state index contributed by atoms with van der Waals surface area (Å²) in [5.74, 6) is -0.129. The van der Waals surface area contributed by atoms with Crippen LogP contribution in [0.5, 0.6) is 0 Å². The monoisotopic (exact) mass is 134 g/mol. The smallest absolute Gasteiger partial charge is 0.233 e. The lowest BCUT2D eigenvalue weighted by Gasteiger charge is -2.07. The van der Waals surface area contributed by atoms with Crippen LogP contribution in [0.15, 0.2) is 0 Å². The first-order valence-electron chi connectivity index (χ1n) is 2.41. The van der Waals surface area contributed by atoms with Crippen molar-refractivity contribution in [1.29, 1.82) is 0 Å². The van der Waals surface area contributed by atoms with Gasteiger partial charge in [-0.05, 0) is 6.42 Å². The SMILES string of the molecule is [CH2]CCN(Cl)C(C)=O. The third kappa shape index (κ3) is 2.86. The summed E-state index contributed by atoms with van der Waals surface area (Å²) in [5.41, 5.74) is 0. The summed E-state index contributed by atoms with van der Waals surface area (Å²) in [7, 11) is 0. The van der Waals surface area contributed by atoms with Crippen molar-refractivity contribution < 1.29 is 4.79 Å². The molecule has 0 fully saturated rings. The van der Waals surface area contributed by atoms with E-state index in [-0.39, 0.29) is 5.91 Å². The average Bonchev–Trinajstić information content (AvgIpc) is 1.67. The Hall–Kier alpha value is -0.240. The molecule has 0 N–H and O–H groups in total. The van der Waals surface area contributed by atoms with E-state index in [1.54, 1.807) is 0 Å². The van der Waals surface area contributed by atoms with Crippen LogP contribution in [0.3, 0.4) is 0 Å². The highest BCUT2D eigenvalue weighted by molar-refractivity contribution is 6.20. The van der Waals surface area contributed by atoms with E-state index in [2.05, 4.69) is 6.92 Å². The summed E-state index contributed by atoms with van der Waals surface area (Å²) >= 11 is 5.36. The van der Waals surface area contributed by atoms with Gasteiger partial charge in [0, 0.05) is 25.2 Å². The molecular formula is C5H9ClNO. The number of rotatable bonds is 2. The molecule has 0 unspecified atom stereocenters. The number of halogens is 1. The summed E-state index contributed by atoms with van der Waals surface area (Å²) in [5, 5.41) is 0. The standard InChI is InChI=1S/C5H9ClNO/c1-3-4-7(6)5(2)8/h1,3-4H2,2H3. The van der Waals surface area contributed by atoms with Crippen LogP contribution >= 0.6 is 11.8 Å². The molecule has 0 aromatic rings. The molecule has 0 saturated heterocycles. The van der Waals surface area contributed by atoms with Crippen molar-refractivity contribution in [3.8, 4) is 0 Å². The highest BCUT2D eigenvalue weighted by Gasteiger charge is 1.99. The van der Waals surface area contributed by atoms with Crippen molar-refractivity contribution >= 4 is 17.7 Å². The Bertz CT molecular complexity index is 84.5. The number of carbonyl (C=O) groups is 1. The zero-order chi connectivity index (χ0) is 6.57. The van der Waals surface area contributed by atoms with Crippen LogP contribution in [0.1, 0.15) is 13.3 Å². The van der Waals surface area contributed by atoms with Gasteiger partial charge in [0.1, 0.15) is 0 Å². The number of hydrogen-bond acceptors (Lipinski definition) is 1.